The minimum absolute atomic E-state index is 0.00630. The first-order chi connectivity index (χ1) is 8.97. The molecule has 102 valence electrons. The molecular formula is C11H11Cl2N3O3. The molecule has 6 nitrogen and oxygen atoms in total. The number of fused-ring (bicyclic) bond motifs is 1. The van der Waals surface area contributed by atoms with Crippen LogP contribution in [0.3, 0.4) is 0 Å². The Bertz CT molecular complexity index is 513. The predicted molar refractivity (Wildman–Crippen MR) is 70.6 cm³/mol. The first kappa shape index (κ1) is 13.9. The third-order valence-corrected chi connectivity index (χ3v) is 3.08. The molecule has 0 aliphatic carbocycles. The number of amidine groups is 1. The van der Waals surface area contributed by atoms with Crippen LogP contribution in [0.15, 0.2) is 27.4 Å². The van der Waals surface area contributed by atoms with Crippen LogP contribution in [0.1, 0.15) is 12.8 Å². The normalized spacial score (nSPS) is 18.6. The van der Waals surface area contributed by atoms with Crippen molar-refractivity contribution in [2.45, 2.75) is 12.8 Å². The largest absolute Gasteiger partial charge is 0.481 e. The highest BCUT2D eigenvalue weighted by atomic mass is 35.5. The van der Waals surface area contributed by atoms with Gasteiger partial charge in [-0.3, -0.25) is 9.59 Å². The van der Waals surface area contributed by atoms with Crippen molar-refractivity contribution in [2.75, 3.05) is 13.1 Å². The van der Waals surface area contributed by atoms with Gasteiger partial charge < -0.3 is 10.0 Å². The fraction of sp³-hybridized carbons (Fsp3) is 0.364. The molecule has 0 aromatic heterocycles. The highest BCUT2D eigenvalue weighted by Gasteiger charge is 2.29. The van der Waals surface area contributed by atoms with E-state index in [0.717, 1.165) is 0 Å². The Morgan fingerprint density at radius 1 is 1.47 bits per heavy atom. The van der Waals surface area contributed by atoms with Crippen LogP contribution in [0.25, 0.3) is 0 Å². The fourth-order valence-corrected chi connectivity index (χ4v) is 2.29. The minimum atomic E-state index is -0.899. The number of amides is 1. The number of carboxylic acid groups (broad SMARTS) is 1. The molecule has 0 bridgehead atoms. The van der Waals surface area contributed by atoms with E-state index in [0.29, 0.717) is 22.3 Å². The van der Waals surface area contributed by atoms with Crippen LogP contribution in [-0.2, 0) is 9.59 Å². The number of aliphatic carboxylic acids is 1. The maximum absolute atomic E-state index is 11.8. The van der Waals surface area contributed by atoms with Gasteiger partial charge in [0, 0.05) is 19.2 Å². The summed E-state index contributed by atoms with van der Waals surface area (Å²) < 4.78 is 0. The van der Waals surface area contributed by atoms with Crippen molar-refractivity contribution in [1.29, 1.82) is 0 Å². The first-order valence-electron chi connectivity index (χ1n) is 5.59. The summed E-state index contributed by atoms with van der Waals surface area (Å²) in [5, 5.41) is 14.7. The van der Waals surface area contributed by atoms with E-state index in [9.17, 15) is 9.59 Å². The molecule has 0 aromatic rings. The zero-order valence-electron chi connectivity index (χ0n) is 9.84. The Labute approximate surface area is 119 Å². The Balaban J connectivity index is 2.10. The molecule has 19 heavy (non-hydrogen) atoms. The van der Waals surface area contributed by atoms with Gasteiger partial charge in [-0.25, -0.2) is 5.01 Å². The highest BCUT2D eigenvalue weighted by Crippen LogP contribution is 2.24. The number of rotatable bonds is 4. The van der Waals surface area contributed by atoms with Gasteiger partial charge in [0.1, 0.15) is 6.54 Å². The van der Waals surface area contributed by atoms with Crippen molar-refractivity contribution in [3.05, 3.63) is 22.3 Å². The Kier molecular flexibility index (Phi) is 4.11. The standard InChI is InChI=1S/C11H11Cl2N3O3/c12-7-4-8(13)11-14-16(3-1-2-10(18)19)9(17)6-15(11)5-7/h4-5H,1-3,6H2,(H,18,19). The number of hydrazone groups is 1. The van der Waals surface area contributed by atoms with Crippen molar-refractivity contribution < 1.29 is 14.7 Å². The second kappa shape index (κ2) is 5.63. The van der Waals surface area contributed by atoms with E-state index >= 15 is 0 Å². The Morgan fingerprint density at radius 2 is 2.21 bits per heavy atom. The summed E-state index contributed by atoms with van der Waals surface area (Å²) in [6.07, 6.45) is 3.46. The number of carbonyl (C=O) groups excluding carboxylic acids is 1. The summed E-state index contributed by atoms with van der Waals surface area (Å²) in [5.74, 6) is -0.675. The van der Waals surface area contributed by atoms with Gasteiger partial charge in [0.2, 0.25) is 0 Å². The average molecular weight is 304 g/mol. The topological polar surface area (TPSA) is 73.2 Å². The molecule has 2 aliphatic rings. The lowest BCUT2D eigenvalue weighted by Gasteiger charge is -2.32. The number of nitrogens with zero attached hydrogens (tertiary/aromatic N) is 3. The number of carbonyl (C=O) groups is 2. The van der Waals surface area contributed by atoms with Gasteiger partial charge in [0.05, 0.1) is 10.1 Å². The van der Waals surface area contributed by atoms with Crippen LogP contribution in [0.4, 0.5) is 0 Å². The summed E-state index contributed by atoms with van der Waals surface area (Å²) in [4.78, 5) is 23.8. The molecule has 0 aromatic carbocycles. The van der Waals surface area contributed by atoms with Gasteiger partial charge in [-0.05, 0) is 12.5 Å². The van der Waals surface area contributed by atoms with Gasteiger partial charge in [-0.1, -0.05) is 23.2 Å². The number of hydrogen-bond acceptors (Lipinski definition) is 4. The molecule has 8 heteroatoms. The molecule has 0 fully saturated rings. The van der Waals surface area contributed by atoms with Crippen LogP contribution in [0.5, 0.6) is 0 Å². The third-order valence-electron chi connectivity index (χ3n) is 2.60. The van der Waals surface area contributed by atoms with E-state index in [2.05, 4.69) is 5.10 Å². The lowest BCUT2D eigenvalue weighted by molar-refractivity contribution is -0.138. The van der Waals surface area contributed by atoms with E-state index in [1.807, 2.05) is 0 Å². The van der Waals surface area contributed by atoms with Crippen LogP contribution in [0.2, 0.25) is 0 Å². The van der Waals surface area contributed by atoms with Crippen LogP contribution in [-0.4, -0.2) is 45.8 Å². The van der Waals surface area contributed by atoms with Crippen LogP contribution >= 0.6 is 23.2 Å². The van der Waals surface area contributed by atoms with Gasteiger partial charge in [-0.15, -0.1) is 0 Å². The van der Waals surface area contributed by atoms with Gasteiger partial charge in [-0.2, -0.15) is 5.10 Å². The minimum Gasteiger partial charge on any atom is -0.481 e. The lowest BCUT2D eigenvalue weighted by atomic mass is 10.2. The second-order valence-corrected chi connectivity index (χ2v) is 4.92. The molecule has 1 N–H and O–H groups in total. The summed E-state index contributed by atoms with van der Waals surface area (Å²) >= 11 is 11.9. The smallest absolute Gasteiger partial charge is 0.303 e. The Morgan fingerprint density at radius 3 is 2.89 bits per heavy atom. The van der Waals surface area contributed by atoms with Crippen molar-refractivity contribution in [3.63, 3.8) is 0 Å². The number of hydrogen-bond donors (Lipinski definition) is 1. The highest BCUT2D eigenvalue weighted by molar-refractivity contribution is 6.45. The van der Waals surface area contributed by atoms with Crippen LogP contribution < -0.4 is 0 Å². The molecule has 0 unspecified atom stereocenters. The summed E-state index contributed by atoms with van der Waals surface area (Å²) in [7, 11) is 0. The summed E-state index contributed by atoms with van der Waals surface area (Å²) in [5.41, 5.74) is 0. The third kappa shape index (κ3) is 3.27. The van der Waals surface area contributed by atoms with Crippen molar-refractivity contribution in [3.8, 4) is 0 Å². The predicted octanol–water partition coefficient (Wildman–Crippen LogP) is 1.53. The molecule has 0 saturated heterocycles. The first-order valence-corrected chi connectivity index (χ1v) is 6.35. The molecule has 0 radical (unpaired) electrons. The maximum Gasteiger partial charge on any atom is 0.303 e. The zero-order valence-corrected chi connectivity index (χ0v) is 11.4. The lowest BCUT2D eigenvalue weighted by Crippen LogP contribution is -2.46. The summed E-state index contributed by atoms with van der Waals surface area (Å²) in [6, 6.07) is 0. The monoisotopic (exact) mass is 303 g/mol. The van der Waals surface area contributed by atoms with Gasteiger partial charge in [0.25, 0.3) is 5.91 Å². The van der Waals surface area contributed by atoms with E-state index < -0.39 is 5.97 Å². The Hall–Kier alpha value is -1.53. The maximum atomic E-state index is 11.8. The number of halogens is 2. The molecule has 0 saturated carbocycles. The molecule has 2 rings (SSSR count). The fourth-order valence-electron chi connectivity index (χ4n) is 1.75. The summed E-state index contributed by atoms with van der Waals surface area (Å²) in [6.45, 7) is 0.344. The molecule has 2 aliphatic heterocycles. The molecular weight excluding hydrogens is 293 g/mol. The SMILES string of the molecule is O=C(O)CCCN1N=C2C(Cl)=CC(Cl)=CN2CC1=O. The quantitative estimate of drug-likeness (QED) is 0.855. The van der Waals surface area contributed by atoms with E-state index in [1.165, 1.54) is 5.01 Å². The van der Waals surface area contributed by atoms with Gasteiger partial charge >= 0.3 is 5.97 Å². The number of allylic oxidation sites excluding steroid dienone is 2. The zero-order chi connectivity index (χ0) is 14.0. The van der Waals surface area contributed by atoms with Crippen molar-refractivity contribution in [2.24, 2.45) is 5.10 Å². The molecule has 0 atom stereocenters. The second-order valence-electron chi connectivity index (χ2n) is 4.07. The molecule has 1 amide bonds. The molecule has 2 heterocycles. The van der Waals surface area contributed by atoms with Gasteiger partial charge in [0.15, 0.2) is 5.84 Å². The molecule has 0 spiro atoms. The van der Waals surface area contributed by atoms with Crippen molar-refractivity contribution in [1.82, 2.24) is 9.91 Å². The average Bonchev–Trinajstić information content (AvgIpc) is 2.29. The van der Waals surface area contributed by atoms with Crippen molar-refractivity contribution >= 4 is 40.9 Å². The van der Waals surface area contributed by atoms with Crippen LogP contribution in [0, 0.1) is 0 Å². The van der Waals surface area contributed by atoms with E-state index in [4.69, 9.17) is 28.3 Å². The number of carboxylic acids is 1. The van der Waals surface area contributed by atoms with E-state index in [1.54, 1.807) is 17.2 Å². The van der Waals surface area contributed by atoms with E-state index in [-0.39, 0.29) is 25.4 Å².